The molecule has 0 amide bonds. The Labute approximate surface area is 141 Å². The lowest BCUT2D eigenvalue weighted by atomic mass is 9.92. The number of aromatic amines is 1. The lowest BCUT2D eigenvalue weighted by molar-refractivity contribution is -0.141. The number of nitrogens with zero attached hydrogens (tertiary/aromatic N) is 1. The number of H-pyrrole nitrogens is 1. The fourth-order valence-corrected chi connectivity index (χ4v) is 3.39. The Morgan fingerprint density at radius 2 is 2.08 bits per heavy atom. The van der Waals surface area contributed by atoms with Crippen LogP contribution in [0.5, 0.6) is 0 Å². The highest BCUT2D eigenvalue weighted by molar-refractivity contribution is 5.69. The molecule has 1 aliphatic rings. The predicted octanol–water partition coefficient (Wildman–Crippen LogP) is 2.43. The molecule has 5 heteroatoms. The Hall–Kier alpha value is -2.40. The Morgan fingerprint density at radius 1 is 1.29 bits per heavy atom. The quantitative estimate of drug-likeness (QED) is 0.857. The molecule has 1 atom stereocenters. The molecule has 1 aliphatic heterocycles. The van der Waals surface area contributed by atoms with Crippen LogP contribution in [0, 0.1) is 0 Å². The van der Waals surface area contributed by atoms with Crippen LogP contribution >= 0.6 is 0 Å². The first-order valence-electron chi connectivity index (χ1n) is 8.24. The van der Waals surface area contributed by atoms with E-state index in [0.717, 1.165) is 30.8 Å². The highest BCUT2D eigenvalue weighted by Crippen LogP contribution is 2.31. The molecule has 126 valence electrons. The molecule has 5 nitrogen and oxygen atoms in total. The summed E-state index contributed by atoms with van der Waals surface area (Å²) >= 11 is 0. The normalized spacial score (nSPS) is 17.3. The van der Waals surface area contributed by atoms with Crippen molar-refractivity contribution in [2.75, 3.05) is 13.7 Å². The topological polar surface area (TPSA) is 62.4 Å². The smallest absolute Gasteiger partial charge is 0.305 e. The van der Waals surface area contributed by atoms with E-state index in [9.17, 15) is 9.59 Å². The van der Waals surface area contributed by atoms with Gasteiger partial charge in [0.1, 0.15) is 0 Å². The minimum atomic E-state index is -0.242. The molecule has 0 radical (unpaired) electrons. The predicted molar refractivity (Wildman–Crippen MR) is 91.6 cm³/mol. The number of aromatic nitrogens is 1. The van der Waals surface area contributed by atoms with Gasteiger partial charge in [0.2, 0.25) is 0 Å². The van der Waals surface area contributed by atoms with E-state index >= 15 is 0 Å². The molecule has 0 saturated carbocycles. The third-order valence-electron chi connectivity index (χ3n) is 4.58. The van der Waals surface area contributed by atoms with Gasteiger partial charge in [-0.05, 0) is 12.0 Å². The van der Waals surface area contributed by atoms with Gasteiger partial charge in [-0.2, -0.15) is 0 Å². The van der Waals surface area contributed by atoms with E-state index in [1.165, 1.54) is 12.7 Å². The maximum absolute atomic E-state index is 12.4. The van der Waals surface area contributed by atoms with Crippen LogP contribution < -0.4 is 5.43 Å². The molecule has 1 aromatic carbocycles. The molecule has 0 saturated heterocycles. The molecule has 24 heavy (non-hydrogen) atoms. The molecule has 2 heterocycles. The van der Waals surface area contributed by atoms with Gasteiger partial charge in [0.05, 0.1) is 7.11 Å². The summed E-state index contributed by atoms with van der Waals surface area (Å²) in [5.41, 5.74) is 3.03. The average molecular weight is 326 g/mol. The third-order valence-corrected chi connectivity index (χ3v) is 4.58. The van der Waals surface area contributed by atoms with Gasteiger partial charge in [-0.25, -0.2) is 0 Å². The number of rotatable bonds is 5. The van der Waals surface area contributed by atoms with Crippen LogP contribution in [-0.2, 0) is 22.5 Å². The van der Waals surface area contributed by atoms with Crippen LogP contribution in [0.25, 0.3) is 0 Å². The number of benzene rings is 1. The number of hydrogen-bond donors (Lipinski definition) is 1. The van der Waals surface area contributed by atoms with Gasteiger partial charge in [0.25, 0.3) is 0 Å². The summed E-state index contributed by atoms with van der Waals surface area (Å²) in [6, 6.07) is 11.7. The van der Waals surface area contributed by atoms with E-state index in [0.29, 0.717) is 12.8 Å². The summed E-state index contributed by atoms with van der Waals surface area (Å²) < 4.78 is 4.77. The highest BCUT2D eigenvalue weighted by Gasteiger charge is 2.30. The standard InChI is InChI=1S/C19H22N2O3/c1-24-18(23)8-7-16-19-15(20-11-9-17(19)22)10-12-21(16)13-14-5-3-2-4-6-14/h2-6,9,11,16H,7-8,10,12-13H2,1H3,(H,20,22). The Bertz CT molecular complexity index is 755. The van der Waals surface area contributed by atoms with Gasteiger partial charge in [-0.1, -0.05) is 30.3 Å². The second kappa shape index (κ2) is 7.45. The van der Waals surface area contributed by atoms with Crippen molar-refractivity contribution in [2.45, 2.75) is 31.8 Å². The van der Waals surface area contributed by atoms with E-state index < -0.39 is 0 Å². The molecular weight excluding hydrogens is 304 g/mol. The summed E-state index contributed by atoms with van der Waals surface area (Å²) in [4.78, 5) is 29.5. The zero-order valence-corrected chi connectivity index (χ0v) is 13.8. The maximum Gasteiger partial charge on any atom is 0.305 e. The van der Waals surface area contributed by atoms with Crippen molar-refractivity contribution >= 4 is 5.97 Å². The van der Waals surface area contributed by atoms with Crippen molar-refractivity contribution in [1.29, 1.82) is 0 Å². The highest BCUT2D eigenvalue weighted by atomic mass is 16.5. The molecule has 3 rings (SSSR count). The van der Waals surface area contributed by atoms with E-state index in [4.69, 9.17) is 4.74 Å². The number of ether oxygens (including phenoxy) is 1. The number of pyridine rings is 1. The van der Waals surface area contributed by atoms with Crippen molar-refractivity contribution in [1.82, 2.24) is 9.88 Å². The van der Waals surface area contributed by atoms with Gasteiger partial charge in [-0.15, -0.1) is 0 Å². The summed E-state index contributed by atoms with van der Waals surface area (Å²) in [6.07, 6.45) is 3.40. The summed E-state index contributed by atoms with van der Waals surface area (Å²) in [6.45, 7) is 1.62. The van der Waals surface area contributed by atoms with Gasteiger partial charge in [-0.3, -0.25) is 14.5 Å². The van der Waals surface area contributed by atoms with E-state index in [1.54, 1.807) is 12.3 Å². The lowest BCUT2D eigenvalue weighted by Crippen LogP contribution is -2.39. The van der Waals surface area contributed by atoms with Crippen molar-refractivity contribution in [3.8, 4) is 0 Å². The third kappa shape index (κ3) is 3.57. The van der Waals surface area contributed by atoms with Crippen LogP contribution in [0.3, 0.4) is 0 Å². The summed E-state index contributed by atoms with van der Waals surface area (Å²) in [5, 5.41) is 0. The molecule has 0 spiro atoms. The molecule has 2 aromatic rings. The second-order valence-corrected chi connectivity index (χ2v) is 6.07. The molecule has 0 fully saturated rings. The molecular formula is C19H22N2O3. The van der Waals surface area contributed by atoms with Crippen LogP contribution in [0.1, 0.15) is 35.7 Å². The number of esters is 1. The summed E-state index contributed by atoms with van der Waals surface area (Å²) in [5.74, 6) is -0.242. The van der Waals surface area contributed by atoms with Crippen LogP contribution in [0.15, 0.2) is 47.4 Å². The minimum absolute atomic E-state index is 0.0383. The van der Waals surface area contributed by atoms with Crippen LogP contribution in [0.2, 0.25) is 0 Å². The minimum Gasteiger partial charge on any atom is -0.469 e. The van der Waals surface area contributed by atoms with Crippen molar-refractivity contribution in [3.63, 3.8) is 0 Å². The van der Waals surface area contributed by atoms with Gasteiger partial charge in [0.15, 0.2) is 5.43 Å². The van der Waals surface area contributed by atoms with Gasteiger partial charge in [0, 0.05) is 55.5 Å². The fourth-order valence-electron chi connectivity index (χ4n) is 3.39. The lowest BCUT2D eigenvalue weighted by Gasteiger charge is -2.36. The first kappa shape index (κ1) is 16.5. The van der Waals surface area contributed by atoms with E-state index in [-0.39, 0.29) is 17.4 Å². The fraction of sp³-hybridized carbons (Fsp3) is 0.368. The Balaban J connectivity index is 1.88. The molecule has 1 unspecified atom stereocenters. The SMILES string of the molecule is COC(=O)CCC1c2c([nH]ccc2=O)CCN1Cc1ccccc1. The number of fused-ring (bicyclic) bond motifs is 1. The number of carbonyl (C=O) groups is 1. The second-order valence-electron chi connectivity index (χ2n) is 6.07. The molecule has 0 bridgehead atoms. The monoisotopic (exact) mass is 326 g/mol. The first-order chi connectivity index (χ1) is 11.7. The van der Waals surface area contributed by atoms with Crippen LogP contribution in [-0.4, -0.2) is 29.5 Å². The van der Waals surface area contributed by atoms with E-state index in [1.807, 2.05) is 18.2 Å². The molecule has 1 N–H and O–H groups in total. The number of nitrogens with one attached hydrogen (secondary N) is 1. The van der Waals surface area contributed by atoms with Gasteiger partial charge < -0.3 is 9.72 Å². The zero-order valence-electron chi connectivity index (χ0n) is 13.8. The van der Waals surface area contributed by atoms with Crippen molar-refractivity contribution in [3.05, 3.63) is 69.6 Å². The maximum atomic E-state index is 12.4. The number of methoxy groups -OCH3 is 1. The summed E-state index contributed by atoms with van der Waals surface area (Å²) in [7, 11) is 1.39. The van der Waals surface area contributed by atoms with E-state index in [2.05, 4.69) is 22.0 Å². The molecule has 1 aromatic heterocycles. The zero-order chi connectivity index (χ0) is 16.9. The average Bonchev–Trinajstić information content (AvgIpc) is 2.61. The largest absolute Gasteiger partial charge is 0.469 e. The molecule has 0 aliphatic carbocycles. The number of hydrogen-bond acceptors (Lipinski definition) is 4. The van der Waals surface area contributed by atoms with Crippen LogP contribution in [0.4, 0.5) is 0 Å². The van der Waals surface area contributed by atoms with Crippen molar-refractivity contribution in [2.24, 2.45) is 0 Å². The van der Waals surface area contributed by atoms with Gasteiger partial charge >= 0.3 is 5.97 Å². The Kier molecular flexibility index (Phi) is 5.11. The Morgan fingerprint density at radius 3 is 2.83 bits per heavy atom. The number of carbonyl (C=O) groups excluding carboxylic acids is 1. The first-order valence-corrected chi connectivity index (χ1v) is 8.24. The van der Waals surface area contributed by atoms with Crippen molar-refractivity contribution < 1.29 is 9.53 Å².